The third-order valence-electron chi connectivity index (χ3n) is 5.64. The van der Waals surface area contributed by atoms with Crippen LogP contribution in [-0.4, -0.2) is 35.6 Å². The Morgan fingerprint density at radius 3 is 2.82 bits per heavy atom. The zero-order chi connectivity index (χ0) is 22.8. The second-order valence-corrected chi connectivity index (χ2v) is 8.41. The summed E-state index contributed by atoms with van der Waals surface area (Å²) >= 11 is 0. The molecule has 1 fully saturated rings. The van der Waals surface area contributed by atoms with Crippen LogP contribution in [0.5, 0.6) is 0 Å². The van der Waals surface area contributed by atoms with Crippen LogP contribution in [0.1, 0.15) is 38.3 Å². The average Bonchev–Trinajstić information content (AvgIpc) is 3.35. The van der Waals surface area contributed by atoms with Crippen LogP contribution >= 0.6 is 0 Å². The molecule has 1 saturated carbocycles. The van der Waals surface area contributed by atoms with E-state index in [0.717, 1.165) is 30.1 Å². The fraction of sp³-hybridized carbons (Fsp3) is 0.348. The quantitative estimate of drug-likeness (QED) is 0.373. The lowest BCUT2D eigenvalue weighted by Gasteiger charge is -2.16. The van der Waals surface area contributed by atoms with E-state index in [0.29, 0.717) is 22.8 Å². The molecule has 0 bridgehead atoms. The number of carbonyl (C=O) groups is 1. The number of amides is 2. The van der Waals surface area contributed by atoms with Gasteiger partial charge in [0.1, 0.15) is 11.3 Å². The molecule has 1 atom stereocenters. The first kappa shape index (κ1) is 20.9. The smallest absolute Gasteiger partial charge is 0.323 e. The zero-order valence-electron chi connectivity index (χ0n) is 18.7. The van der Waals surface area contributed by atoms with Gasteiger partial charge in [0.05, 0.1) is 30.3 Å². The second kappa shape index (κ2) is 8.89. The summed E-state index contributed by atoms with van der Waals surface area (Å²) in [6, 6.07) is 7.35. The summed E-state index contributed by atoms with van der Waals surface area (Å²) in [6.45, 7) is 5.74. The topological polar surface area (TPSA) is 115 Å². The van der Waals surface area contributed by atoms with Gasteiger partial charge in [0.25, 0.3) is 0 Å². The Morgan fingerprint density at radius 2 is 2.00 bits per heavy atom. The highest BCUT2D eigenvalue weighted by Crippen LogP contribution is 2.30. The fourth-order valence-electron chi connectivity index (χ4n) is 3.65. The molecule has 3 heterocycles. The van der Waals surface area contributed by atoms with E-state index in [4.69, 9.17) is 0 Å². The van der Waals surface area contributed by atoms with Gasteiger partial charge in [0, 0.05) is 25.0 Å². The van der Waals surface area contributed by atoms with Gasteiger partial charge in [0.2, 0.25) is 5.65 Å². The van der Waals surface area contributed by atoms with E-state index >= 15 is 0 Å². The van der Waals surface area contributed by atoms with Crippen molar-refractivity contribution in [3.05, 3.63) is 54.6 Å². The molecular weight excluding hydrogens is 418 g/mol. The number of hydrogen-bond donors (Lipinski definition) is 3. The van der Waals surface area contributed by atoms with E-state index in [9.17, 15) is 4.79 Å². The van der Waals surface area contributed by atoms with E-state index in [1.807, 2.05) is 59.9 Å². The van der Waals surface area contributed by atoms with Crippen LogP contribution < -0.4 is 16.0 Å². The molecule has 0 unspecified atom stereocenters. The number of hydrogen-bond acceptors (Lipinski definition) is 6. The van der Waals surface area contributed by atoms with Crippen molar-refractivity contribution in [3.63, 3.8) is 0 Å². The van der Waals surface area contributed by atoms with Crippen molar-refractivity contribution >= 4 is 34.4 Å². The van der Waals surface area contributed by atoms with Crippen molar-refractivity contribution in [1.29, 1.82) is 0 Å². The molecule has 1 aromatic carbocycles. The summed E-state index contributed by atoms with van der Waals surface area (Å²) in [5.41, 5.74) is 3.77. The van der Waals surface area contributed by atoms with Gasteiger partial charge in [-0.3, -0.25) is 9.36 Å². The van der Waals surface area contributed by atoms with Crippen LogP contribution in [0, 0.1) is 5.92 Å². The maximum Gasteiger partial charge on any atom is 0.323 e. The van der Waals surface area contributed by atoms with Gasteiger partial charge in [-0.05, 0) is 50.3 Å². The molecule has 0 aliphatic heterocycles. The normalized spacial score (nSPS) is 14.2. The lowest BCUT2D eigenvalue weighted by atomic mass is 10.1. The van der Waals surface area contributed by atoms with Gasteiger partial charge in [-0.25, -0.2) is 14.8 Å². The number of fused-ring (bicyclic) bond motifs is 1. The van der Waals surface area contributed by atoms with Crippen molar-refractivity contribution in [3.8, 4) is 0 Å². The summed E-state index contributed by atoms with van der Waals surface area (Å²) < 4.78 is 3.70. The minimum Gasteiger partial charge on any atom is -0.362 e. The molecule has 5 rings (SSSR count). The molecule has 3 aromatic heterocycles. The van der Waals surface area contributed by atoms with E-state index < -0.39 is 0 Å². The largest absolute Gasteiger partial charge is 0.362 e. The average molecular weight is 446 g/mol. The highest BCUT2D eigenvalue weighted by Gasteiger charge is 2.22. The number of benzene rings is 1. The first-order valence-electron chi connectivity index (χ1n) is 11.2. The maximum absolute atomic E-state index is 12.4. The van der Waals surface area contributed by atoms with Gasteiger partial charge >= 0.3 is 6.03 Å². The standard InChI is InChI=1S/C23H27N9O/c1-3-31-14-20-22(30-31)29-21(11-24-20)26-15(2)17-5-4-6-18(9-17)27-23(33)28-19-10-25-32(13-19)12-16-7-8-16/h4-6,9-11,13-16H,3,7-8,12H2,1-2H3,(H,26,29,30)(H2,27,28,33)/t15-/m0/s1. The molecule has 10 heteroatoms. The first-order valence-corrected chi connectivity index (χ1v) is 11.2. The number of nitrogens with zero attached hydrogens (tertiary/aromatic N) is 6. The number of urea groups is 1. The number of anilines is 3. The fourth-order valence-corrected chi connectivity index (χ4v) is 3.65. The lowest BCUT2D eigenvalue weighted by Crippen LogP contribution is -2.19. The van der Waals surface area contributed by atoms with Gasteiger partial charge < -0.3 is 16.0 Å². The maximum atomic E-state index is 12.4. The third kappa shape index (κ3) is 5.11. The summed E-state index contributed by atoms with van der Waals surface area (Å²) in [6.07, 6.45) is 9.65. The summed E-state index contributed by atoms with van der Waals surface area (Å²) in [5, 5.41) is 17.8. The molecule has 1 aliphatic rings. The Kier molecular flexibility index (Phi) is 5.64. The summed E-state index contributed by atoms with van der Waals surface area (Å²) in [7, 11) is 0. The number of rotatable bonds is 8. The predicted molar refractivity (Wildman–Crippen MR) is 127 cm³/mol. The monoisotopic (exact) mass is 445 g/mol. The molecule has 0 spiro atoms. The predicted octanol–water partition coefficient (Wildman–Crippen LogP) is 4.27. The number of aromatic nitrogens is 6. The van der Waals surface area contributed by atoms with Crippen LogP contribution in [0.4, 0.5) is 22.0 Å². The van der Waals surface area contributed by atoms with Crippen molar-refractivity contribution in [2.75, 3.05) is 16.0 Å². The van der Waals surface area contributed by atoms with Crippen molar-refractivity contribution in [2.45, 2.75) is 45.8 Å². The first-order chi connectivity index (χ1) is 16.1. The van der Waals surface area contributed by atoms with Crippen molar-refractivity contribution in [2.24, 2.45) is 5.92 Å². The lowest BCUT2D eigenvalue weighted by molar-refractivity contribution is 0.262. The molecule has 1 aliphatic carbocycles. The molecular formula is C23H27N9O. The molecule has 33 heavy (non-hydrogen) atoms. The molecule has 2 amide bonds. The van der Waals surface area contributed by atoms with Crippen LogP contribution in [-0.2, 0) is 13.1 Å². The molecule has 170 valence electrons. The van der Waals surface area contributed by atoms with Crippen LogP contribution in [0.15, 0.2) is 49.1 Å². The van der Waals surface area contributed by atoms with Crippen LogP contribution in [0.25, 0.3) is 11.2 Å². The Hall–Kier alpha value is -3.95. The Balaban J connectivity index is 1.20. The van der Waals surface area contributed by atoms with E-state index in [1.54, 1.807) is 12.4 Å². The highest BCUT2D eigenvalue weighted by molar-refractivity contribution is 5.99. The van der Waals surface area contributed by atoms with E-state index in [2.05, 4.69) is 36.1 Å². The SMILES string of the molecule is CCn1cc2ncc(N[C@@H](C)c3cccc(NC(=O)Nc4cnn(CC5CC5)c4)c3)nc2n1. The van der Waals surface area contributed by atoms with Gasteiger partial charge in [-0.1, -0.05) is 12.1 Å². The summed E-state index contributed by atoms with van der Waals surface area (Å²) in [4.78, 5) is 21.4. The zero-order valence-corrected chi connectivity index (χ0v) is 18.7. The number of carbonyl (C=O) groups excluding carboxylic acids is 1. The molecule has 4 aromatic rings. The van der Waals surface area contributed by atoms with Crippen molar-refractivity contribution < 1.29 is 4.79 Å². The second-order valence-electron chi connectivity index (χ2n) is 8.41. The van der Waals surface area contributed by atoms with E-state index in [-0.39, 0.29) is 12.1 Å². The molecule has 0 radical (unpaired) electrons. The summed E-state index contributed by atoms with van der Waals surface area (Å²) in [5.74, 6) is 1.38. The highest BCUT2D eigenvalue weighted by atomic mass is 16.2. The Bertz CT molecular complexity index is 1270. The molecule has 10 nitrogen and oxygen atoms in total. The van der Waals surface area contributed by atoms with Gasteiger partial charge in [0.15, 0.2) is 0 Å². The Labute approximate surface area is 191 Å². The number of nitrogens with one attached hydrogen (secondary N) is 3. The van der Waals surface area contributed by atoms with Crippen molar-refractivity contribution in [1.82, 2.24) is 29.5 Å². The third-order valence-corrected chi connectivity index (χ3v) is 5.64. The molecule has 0 saturated heterocycles. The minimum absolute atomic E-state index is 0.0459. The Morgan fingerprint density at radius 1 is 1.15 bits per heavy atom. The van der Waals surface area contributed by atoms with E-state index in [1.165, 1.54) is 12.8 Å². The van der Waals surface area contributed by atoms with Gasteiger partial charge in [-0.2, -0.15) is 10.2 Å². The molecule has 3 N–H and O–H groups in total. The van der Waals surface area contributed by atoms with Crippen LogP contribution in [0.2, 0.25) is 0 Å². The van der Waals surface area contributed by atoms with Crippen LogP contribution in [0.3, 0.4) is 0 Å². The van der Waals surface area contributed by atoms with Gasteiger partial charge in [-0.15, -0.1) is 0 Å². The number of aryl methyl sites for hydroxylation is 1. The minimum atomic E-state index is -0.304.